The summed E-state index contributed by atoms with van der Waals surface area (Å²) in [6.45, 7) is 2.39. The summed E-state index contributed by atoms with van der Waals surface area (Å²) < 4.78 is 15.2. The molecule has 4 heteroatoms. The summed E-state index contributed by atoms with van der Waals surface area (Å²) in [5.41, 5.74) is 0. The van der Waals surface area contributed by atoms with Crippen LogP contribution in [0.4, 0.5) is 0 Å². The van der Waals surface area contributed by atoms with E-state index in [1.165, 1.54) is 7.11 Å². The summed E-state index contributed by atoms with van der Waals surface area (Å²) in [6, 6.07) is 0. The molecule has 1 heterocycles. The molecule has 1 rings (SSSR count). The Morgan fingerprint density at radius 3 is 2.85 bits per heavy atom. The van der Waals surface area contributed by atoms with Gasteiger partial charge in [0.15, 0.2) is 12.4 Å². The summed E-state index contributed by atoms with van der Waals surface area (Å²) in [7, 11) is 1.35. The second kappa shape index (κ2) is 5.19. The minimum atomic E-state index is -0.534. The molecule has 13 heavy (non-hydrogen) atoms. The van der Waals surface area contributed by atoms with Crippen LogP contribution in [-0.2, 0) is 19.0 Å². The highest BCUT2D eigenvalue weighted by atomic mass is 16.7. The molecule has 1 fully saturated rings. The number of carbonyl (C=O) groups is 1. The van der Waals surface area contributed by atoms with Gasteiger partial charge in [0.05, 0.1) is 7.11 Å². The second-order valence-corrected chi connectivity index (χ2v) is 3.10. The number of methoxy groups -OCH3 is 1. The fraction of sp³-hybridized carbons (Fsp3) is 0.889. The fourth-order valence-electron chi connectivity index (χ4n) is 1.27. The maximum atomic E-state index is 11.0. The van der Waals surface area contributed by atoms with Crippen molar-refractivity contribution < 1.29 is 19.0 Å². The highest BCUT2D eigenvalue weighted by Crippen LogP contribution is 2.15. The standard InChI is InChI=1S/C9H16O4/c1-7(9(10)11-2)13-8-5-3-4-6-12-8/h7-8H,3-6H2,1-2H3/t7-,8-/m1/s1. The van der Waals surface area contributed by atoms with E-state index in [9.17, 15) is 4.79 Å². The smallest absolute Gasteiger partial charge is 0.334 e. The van der Waals surface area contributed by atoms with E-state index in [2.05, 4.69) is 4.74 Å². The van der Waals surface area contributed by atoms with Crippen molar-refractivity contribution in [3.63, 3.8) is 0 Å². The first-order valence-electron chi connectivity index (χ1n) is 4.59. The van der Waals surface area contributed by atoms with Gasteiger partial charge in [0.2, 0.25) is 0 Å². The Kier molecular flexibility index (Phi) is 4.18. The molecule has 0 bridgehead atoms. The van der Waals surface area contributed by atoms with Gasteiger partial charge < -0.3 is 14.2 Å². The molecule has 2 atom stereocenters. The van der Waals surface area contributed by atoms with Crippen LogP contribution in [0.1, 0.15) is 26.2 Å². The molecule has 0 radical (unpaired) electrons. The highest BCUT2D eigenvalue weighted by Gasteiger charge is 2.21. The molecule has 0 amide bonds. The maximum Gasteiger partial charge on any atom is 0.334 e. The van der Waals surface area contributed by atoms with Gasteiger partial charge in [-0.25, -0.2) is 4.79 Å². The van der Waals surface area contributed by atoms with Gasteiger partial charge in [-0.3, -0.25) is 0 Å². The van der Waals surface area contributed by atoms with Crippen LogP contribution in [0.25, 0.3) is 0 Å². The first-order chi connectivity index (χ1) is 6.24. The number of hydrogen-bond donors (Lipinski definition) is 0. The molecule has 4 nitrogen and oxygen atoms in total. The van der Waals surface area contributed by atoms with Gasteiger partial charge in [-0.2, -0.15) is 0 Å². The van der Waals surface area contributed by atoms with E-state index in [1.54, 1.807) is 6.92 Å². The van der Waals surface area contributed by atoms with E-state index in [4.69, 9.17) is 9.47 Å². The van der Waals surface area contributed by atoms with Gasteiger partial charge in [0.1, 0.15) is 0 Å². The maximum absolute atomic E-state index is 11.0. The Morgan fingerprint density at radius 1 is 1.54 bits per heavy atom. The lowest BCUT2D eigenvalue weighted by atomic mass is 10.2. The molecule has 1 aliphatic rings. The molecule has 1 aliphatic heterocycles. The lowest BCUT2D eigenvalue weighted by Crippen LogP contribution is -2.31. The van der Waals surface area contributed by atoms with Crippen molar-refractivity contribution in [1.29, 1.82) is 0 Å². The molecule has 1 saturated heterocycles. The lowest BCUT2D eigenvalue weighted by Gasteiger charge is -2.24. The average molecular weight is 188 g/mol. The van der Waals surface area contributed by atoms with Crippen LogP contribution in [0.2, 0.25) is 0 Å². The first kappa shape index (κ1) is 10.5. The monoisotopic (exact) mass is 188 g/mol. The molecule has 0 aromatic rings. The van der Waals surface area contributed by atoms with Crippen molar-refractivity contribution in [3.8, 4) is 0 Å². The van der Waals surface area contributed by atoms with E-state index in [0.29, 0.717) is 0 Å². The number of esters is 1. The van der Waals surface area contributed by atoms with Gasteiger partial charge in [-0.1, -0.05) is 0 Å². The van der Waals surface area contributed by atoms with Crippen molar-refractivity contribution in [2.75, 3.05) is 13.7 Å². The number of hydrogen-bond acceptors (Lipinski definition) is 4. The van der Waals surface area contributed by atoms with Gasteiger partial charge in [-0.05, 0) is 26.2 Å². The Bertz CT molecular complexity index is 163. The summed E-state index contributed by atoms with van der Waals surface area (Å²) in [4.78, 5) is 11.0. The van der Waals surface area contributed by atoms with Gasteiger partial charge in [-0.15, -0.1) is 0 Å². The van der Waals surface area contributed by atoms with E-state index in [1.807, 2.05) is 0 Å². The molecule has 0 aliphatic carbocycles. The highest BCUT2D eigenvalue weighted by molar-refractivity contribution is 5.73. The van der Waals surface area contributed by atoms with Crippen molar-refractivity contribution in [2.45, 2.75) is 38.6 Å². The topological polar surface area (TPSA) is 44.8 Å². The third-order valence-electron chi connectivity index (χ3n) is 2.03. The molecular weight excluding hydrogens is 172 g/mol. The largest absolute Gasteiger partial charge is 0.467 e. The van der Waals surface area contributed by atoms with E-state index in [-0.39, 0.29) is 12.3 Å². The third kappa shape index (κ3) is 3.32. The SMILES string of the molecule is COC(=O)[C@@H](C)O[C@@H]1CCCCO1. The minimum absolute atomic E-state index is 0.233. The summed E-state index contributed by atoms with van der Waals surface area (Å²) >= 11 is 0. The normalized spacial score (nSPS) is 25.2. The minimum Gasteiger partial charge on any atom is -0.467 e. The molecule has 0 spiro atoms. The van der Waals surface area contributed by atoms with Crippen molar-refractivity contribution in [1.82, 2.24) is 0 Å². The fourth-order valence-corrected chi connectivity index (χ4v) is 1.27. The molecule has 76 valence electrons. The zero-order chi connectivity index (χ0) is 9.68. The Labute approximate surface area is 78.2 Å². The summed E-state index contributed by atoms with van der Waals surface area (Å²) in [5.74, 6) is -0.353. The molecule has 0 unspecified atom stereocenters. The first-order valence-corrected chi connectivity index (χ1v) is 4.59. The predicted molar refractivity (Wildman–Crippen MR) is 46.2 cm³/mol. The van der Waals surface area contributed by atoms with Crippen molar-refractivity contribution in [2.24, 2.45) is 0 Å². The summed E-state index contributed by atoms with van der Waals surface area (Å²) in [6.07, 6.45) is 2.27. The number of ether oxygens (including phenoxy) is 3. The molecule has 0 aromatic carbocycles. The molecule has 0 N–H and O–H groups in total. The number of carbonyl (C=O) groups excluding carboxylic acids is 1. The molecular formula is C9H16O4. The Morgan fingerprint density at radius 2 is 2.31 bits per heavy atom. The zero-order valence-electron chi connectivity index (χ0n) is 8.12. The molecule has 0 saturated carbocycles. The second-order valence-electron chi connectivity index (χ2n) is 3.10. The van der Waals surface area contributed by atoms with E-state index in [0.717, 1.165) is 25.9 Å². The van der Waals surface area contributed by atoms with Crippen LogP contribution < -0.4 is 0 Å². The predicted octanol–water partition coefficient (Wildman–Crippen LogP) is 1.09. The lowest BCUT2D eigenvalue weighted by molar-refractivity contribution is -0.199. The van der Waals surface area contributed by atoms with Crippen LogP contribution >= 0.6 is 0 Å². The van der Waals surface area contributed by atoms with Gasteiger partial charge in [0, 0.05) is 6.61 Å². The zero-order valence-corrected chi connectivity index (χ0v) is 8.12. The van der Waals surface area contributed by atoms with Crippen molar-refractivity contribution >= 4 is 5.97 Å². The average Bonchev–Trinajstić information content (AvgIpc) is 2.18. The van der Waals surface area contributed by atoms with Crippen LogP contribution in [0.3, 0.4) is 0 Å². The van der Waals surface area contributed by atoms with Gasteiger partial charge in [0.25, 0.3) is 0 Å². The van der Waals surface area contributed by atoms with Crippen LogP contribution in [0.5, 0.6) is 0 Å². The molecule has 0 aromatic heterocycles. The van der Waals surface area contributed by atoms with Gasteiger partial charge >= 0.3 is 5.97 Å². The Balaban J connectivity index is 2.25. The van der Waals surface area contributed by atoms with Crippen LogP contribution in [-0.4, -0.2) is 32.1 Å². The van der Waals surface area contributed by atoms with Crippen LogP contribution in [0.15, 0.2) is 0 Å². The third-order valence-corrected chi connectivity index (χ3v) is 2.03. The van der Waals surface area contributed by atoms with Crippen LogP contribution in [0, 0.1) is 0 Å². The van der Waals surface area contributed by atoms with Crippen molar-refractivity contribution in [3.05, 3.63) is 0 Å². The quantitative estimate of drug-likeness (QED) is 0.622. The van der Waals surface area contributed by atoms with E-state index < -0.39 is 6.10 Å². The number of rotatable bonds is 3. The Hall–Kier alpha value is -0.610. The summed E-state index contributed by atoms with van der Waals surface area (Å²) in [5, 5.41) is 0. The van der Waals surface area contributed by atoms with E-state index >= 15 is 0 Å².